The van der Waals surface area contributed by atoms with Crippen LogP contribution in [-0.4, -0.2) is 11.3 Å². The molecule has 0 atom stereocenters. The summed E-state index contributed by atoms with van der Waals surface area (Å²) in [4.78, 5) is 14.6. The molecule has 0 amide bonds. The summed E-state index contributed by atoms with van der Waals surface area (Å²) < 4.78 is 0. The molecule has 2 aromatic rings. The van der Waals surface area contributed by atoms with Crippen molar-refractivity contribution in [3.05, 3.63) is 54.2 Å². The van der Waals surface area contributed by atoms with Crippen LogP contribution >= 0.6 is 0 Å². The Morgan fingerprint density at radius 1 is 1.13 bits per heavy atom. The van der Waals surface area contributed by atoms with Crippen molar-refractivity contribution in [3.8, 4) is 11.3 Å². The molecule has 2 nitrogen and oxygen atoms in total. The van der Waals surface area contributed by atoms with Crippen molar-refractivity contribution in [1.82, 2.24) is 4.98 Å². The van der Waals surface area contributed by atoms with Crippen LogP contribution in [0, 0.1) is 47.4 Å². The van der Waals surface area contributed by atoms with Crippen molar-refractivity contribution < 1.29 is 46.1 Å². The number of aldehydes is 1. The average molecular weight is 323 g/mol. The Kier molecular flexibility index (Phi) is 5.06. The maximum absolute atomic E-state index is 10.5. The van der Waals surface area contributed by atoms with E-state index in [9.17, 15) is 4.79 Å². The predicted octanol–water partition coefficient (Wildman–Crippen LogP) is 2.36. The molecule has 0 aliphatic carbocycles. The van der Waals surface area contributed by atoms with E-state index in [4.69, 9.17) is 0 Å². The molecule has 1 heterocycles. The normalized spacial score (nSPS) is 9.07. The van der Waals surface area contributed by atoms with E-state index in [1.165, 1.54) is 0 Å². The van der Waals surface area contributed by atoms with Crippen molar-refractivity contribution in [3.63, 3.8) is 0 Å². The summed E-state index contributed by atoms with van der Waals surface area (Å²) in [6.07, 6.45) is 0.701. The first-order chi connectivity index (χ1) is 6.90. The van der Waals surface area contributed by atoms with Crippen LogP contribution in [0.5, 0.6) is 0 Å². The molecule has 0 saturated carbocycles. The molecule has 1 aromatic heterocycles. The van der Waals surface area contributed by atoms with Crippen LogP contribution in [0.1, 0.15) is 10.5 Å². The minimum absolute atomic E-state index is 0. The summed E-state index contributed by atoms with van der Waals surface area (Å²) >= 11 is 0. The fourth-order valence-corrected chi connectivity index (χ4v) is 1.24. The van der Waals surface area contributed by atoms with E-state index in [-0.39, 0.29) is 41.3 Å². The van der Waals surface area contributed by atoms with Gasteiger partial charge in [-0.15, -0.1) is 6.07 Å². The first kappa shape index (κ1) is 12.5. The molecule has 0 spiro atoms. The molecule has 0 saturated heterocycles. The van der Waals surface area contributed by atoms with E-state index in [0.29, 0.717) is 12.0 Å². The van der Waals surface area contributed by atoms with Gasteiger partial charge in [0.15, 0.2) is 0 Å². The Morgan fingerprint density at radius 2 is 1.87 bits per heavy atom. The van der Waals surface area contributed by atoms with Gasteiger partial charge in [-0.3, -0.25) is 4.98 Å². The first-order valence-corrected chi connectivity index (χ1v) is 4.29. The van der Waals surface area contributed by atoms with Gasteiger partial charge in [0.2, 0.25) is 0 Å². The van der Waals surface area contributed by atoms with Gasteiger partial charge in [0.1, 0.15) is 0 Å². The largest absolute Gasteiger partial charge is 0.372 e. The van der Waals surface area contributed by atoms with Gasteiger partial charge in [0, 0.05) is 47.0 Å². The molecule has 0 unspecified atom stereocenters. The molecule has 71 valence electrons. The van der Waals surface area contributed by atoms with Crippen LogP contribution in [0.3, 0.4) is 0 Å². The van der Waals surface area contributed by atoms with Crippen LogP contribution < -0.4 is 0 Å². The molecule has 0 bridgehead atoms. The second-order valence-electron chi connectivity index (χ2n) is 2.84. The third-order valence-corrected chi connectivity index (χ3v) is 1.89. The summed E-state index contributed by atoms with van der Waals surface area (Å²) in [5.74, 6) is 0. The number of hydrogen-bond donors (Lipinski definition) is 0. The van der Waals surface area contributed by atoms with Crippen molar-refractivity contribution in [2.45, 2.75) is 0 Å². The average Bonchev–Trinajstić information content (AvgIpc) is 2.30. The Hall–Kier alpha value is -0.596. The summed E-state index contributed by atoms with van der Waals surface area (Å²) in [5.41, 5.74) is 2.14. The molecule has 0 N–H and O–H groups in total. The molecule has 0 fully saturated rings. The number of carbonyl (C=O) groups is 1. The number of pyridine rings is 1. The second kappa shape index (κ2) is 6.09. The Balaban J connectivity index is 0.00000112. The molecule has 2 rings (SSSR count). The van der Waals surface area contributed by atoms with E-state index in [1.807, 2.05) is 36.4 Å². The van der Waals surface area contributed by atoms with Gasteiger partial charge in [0.05, 0.1) is 6.29 Å². The molecular formula is C12H8NOPr-. The summed E-state index contributed by atoms with van der Waals surface area (Å²) in [7, 11) is 0. The topological polar surface area (TPSA) is 30.0 Å². The van der Waals surface area contributed by atoms with Gasteiger partial charge in [-0.25, -0.2) is 0 Å². The van der Waals surface area contributed by atoms with Crippen LogP contribution in [-0.2, 0) is 0 Å². The quantitative estimate of drug-likeness (QED) is 0.627. The van der Waals surface area contributed by atoms with Crippen LogP contribution in [0.15, 0.2) is 42.5 Å². The molecule has 1 radical (unpaired) electrons. The second-order valence-corrected chi connectivity index (χ2v) is 2.84. The SMILES string of the molecule is O=Cc1[c-]ccc(-c2ccccc2)n1.[Pr]. The number of carbonyl (C=O) groups excluding carboxylic acids is 1. The maximum atomic E-state index is 10.5. The number of benzene rings is 1. The molecule has 0 aliphatic heterocycles. The predicted molar refractivity (Wildman–Crippen MR) is 53.9 cm³/mol. The molecule has 1 aromatic carbocycles. The van der Waals surface area contributed by atoms with Gasteiger partial charge in [-0.1, -0.05) is 30.3 Å². The Bertz CT molecular complexity index is 442. The van der Waals surface area contributed by atoms with E-state index >= 15 is 0 Å². The zero-order chi connectivity index (χ0) is 9.80. The zero-order valence-corrected chi connectivity index (χ0v) is 11.8. The standard InChI is InChI=1S/C12H8NO.Pr/c14-9-11-7-4-8-12(13-11)10-5-2-1-3-6-10;/h1-6,8-9H;/q-1;. The fraction of sp³-hybridized carbons (Fsp3) is 0. The maximum Gasteiger partial charge on any atom is 0.0663 e. The fourth-order valence-electron chi connectivity index (χ4n) is 1.24. The third kappa shape index (κ3) is 3.18. The minimum atomic E-state index is 0. The Labute approximate surface area is 122 Å². The monoisotopic (exact) mass is 323 g/mol. The van der Waals surface area contributed by atoms with Crippen LogP contribution in [0.25, 0.3) is 11.3 Å². The van der Waals surface area contributed by atoms with Crippen LogP contribution in [0.2, 0.25) is 0 Å². The Morgan fingerprint density at radius 3 is 2.53 bits per heavy atom. The molecular weight excluding hydrogens is 315 g/mol. The summed E-state index contributed by atoms with van der Waals surface area (Å²) in [5, 5.41) is 0. The van der Waals surface area contributed by atoms with Gasteiger partial charge < -0.3 is 4.79 Å². The van der Waals surface area contributed by atoms with E-state index in [0.717, 1.165) is 11.3 Å². The first-order valence-electron chi connectivity index (χ1n) is 4.29. The molecule has 0 aliphatic rings. The molecule has 3 heteroatoms. The zero-order valence-electron chi connectivity index (χ0n) is 8.05. The molecule has 15 heavy (non-hydrogen) atoms. The smallest absolute Gasteiger partial charge is 0.0663 e. The van der Waals surface area contributed by atoms with E-state index < -0.39 is 0 Å². The van der Waals surface area contributed by atoms with Crippen molar-refractivity contribution in [2.24, 2.45) is 0 Å². The van der Waals surface area contributed by atoms with Crippen LogP contribution in [0.4, 0.5) is 0 Å². The summed E-state index contributed by atoms with van der Waals surface area (Å²) in [6, 6.07) is 16.0. The van der Waals surface area contributed by atoms with Gasteiger partial charge >= 0.3 is 0 Å². The number of nitrogens with zero attached hydrogens (tertiary/aromatic N) is 1. The minimum Gasteiger partial charge on any atom is -0.372 e. The number of hydrogen-bond acceptors (Lipinski definition) is 2. The van der Waals surface area contributed by atoms with Gasteiger partial charge in [-0.2, -0.15) is 12.1 Å². The van der Waals surface area contributed by atoms with Gasteiger partial charge in [0.25, 0.3) is 0 Å². The number of aromatic nitrogens is 1. The number of rotatable bonds is 2. The van der Waals surface area contributed by atoms with E-state index in [1.54, 1.807) is 6.07 Å². The van der Waals surface area contributed by atoms with Gasteiger partial charge in [-0.05, 0) is 11.3 Å². The van der Waals surface area contributed by atoms with Crippen molar-refractivity contribution >= 4 is 6.29 Å². The summed E-state index contributed by atoms with van der Waals surface area (Å²) in [6.45, 7) is 0. The van der Waals surface area contributed by atoms with E-state index in [2.05, 4.69) is 11.1 Å². The third-order valence-electron chi connectivity index (χ3n) is 1.89. The van der Waals surface area contributed by atoms with Crippen molar-refractivity contribution in [2.75, 3.05) is 0 Å². The van der Waals surface area contributed by atoms with Crippen molar-refractivity contribution in [1.29, 1.82) is 0 Å².